The molecule has 0 saturated carbocycles. The van der Waals surface area contributed by atoms with E-state index in [2.05, 4.69) is 16.0 Å². The van der Waals surface area contributed by atoms with Gasteiger partial charge < -0.3 is 42.5 Å². The number of nitrogens with two attached hydrogens (primary N) is 2. The molecule has 1 fully saturated rings. The number of carbonyl (C=O) groups excluding carboxylic acids is 4. The quantitative estimate of drug-likeness (QED) is 0.115. The predicted octanol–water partition coefficient (Wildman–Crippen LogP) is -0.358. The second kappa shape index (κ2) is 17.5. The first kappa shape index (κ1) is 35.6. The SMILES string of the molecule is CC(C)C[C@H](NC(=O)[C@H](Cc1ccccc1)NC(=O)[C@@H]1CCCN1C(=O)[C@@H](N)[C@@H](C)O)C(=O)N[C@@H](CCCCN)C(=O)O. The van der Waals surface area contributed by atoms with Crippen molar-refractivity contribution in [3.63, 3.8) is 0 Å². The highest BCUT2D eigenvalue weighted by molar-refractivity contribution is 5.95. The number of rotatable bonds is 17. The fraction of sp³-hybridized carbons (Fsp3) is 0.633. The lowest BCUT2D eigenvalue weighted by Crippen LogP contribution is -2.59. The molecular weight excluding hydrogens is 556 g/mol. The number of unbranched alkanes of at least 4 members (excludes halogenated alkanes) is 1. The van der Waals surface area contributed by atoms with Gasteiger partial charge in [0.15, 0.2) is 0 Å². The van der Waals surface area contributed by atoms with Gasteiger partial charge in [0.1, 0.15) is 30.2 Å². The van der Waals surface area contributed by atoms with Crippen molar-refractivity contribution in [2.24, 2.45) is 17.4 Å². The number of aliphatic carboxylic acids is 1. The van der Waals surface area contributed by atoms with E-state index in [1.165, 1.54) is 11.8 Å². The molecule has 0 spiro atoms. The predicted molar refractivity (Wildman–Crippen MR) is 160 cm³/mol. The van der Waals surface area contributed by atoms with Gasteiger partial charge in [-0.05, 0) is 63.5 Å². The van der Waals surface area contributed by atoms with E-state index in [1.54, 1.807) is 24.3 Å². The molecule has 1 aliphatic heterocycles. The van der Waals surface area contributed by atoms with Crippen molar-refractivity contribution < 1.29 is 34.2 Å². The fourth-order valence-electron chi connectivity index (χ4n) is 5.03. The van der Waals surface area contributed by atoms with Gasteiger partial charge in [-0.25, -0.2) is 4.79 Å². The topological polar surface area (TPSA) is 217 Å². The molecule has 0 aliphatic carbocycles. The van der Waals surface area contributed by atoms with Gasteiger partial charge in [-0.3, -0.25) is 19.2 Å². The van der Waals surface area contributed by atoms with E-state index in [0.29, 0.717) is 38.8 Å². The van der Waals surface area contributed by atoms with Gasteiger partial charge in [0, 0.05) is 13.0 Å². The summed E-state index contributed by atoms with van der Waals surface area (Å²) in [6, 6.07) is 3.68. The molecule has 13 heteroatoms. The van der Waals surface area contributed by atoms with Crippen LogP contribution in [0.3, 0.4) is 0 Å². The zero-order chi connectivity index (χ0) is 32.1. The maximum absolute atomic E-state index is 13.7. The van der Waals surface area contributed by atoms with E-state index in [4.69, 9.17) is 11.5 Å². The highest BCUT2D eigenvalue weighted by Gasteiger charge is 2.39. The van der Waals surface area contributed by atoms with Gasteiger partial charge in [-0.1, -0.05) is 44.2 Å². The third-order valence-corrected chi connectivity index (χ3v) is 7.46. The maximum atomic E-state index is 13.7. The molecule has 9 N–H and O–H groups in total. The maximum Gasteiger partial charge on any atom is 0.326 e. The van der Waals surface area contributed by atoms with Gasteiger partial charge in [0.25, 0.3) is 0 Å². The molecule has 1 saturated heterocycles. The Hall–Kier alpha value is -3.55. The largest absolute Gasteiger partial charge is 0.480 e. The molecule has 0 radical (unpaired) electrons. The Bertz CT molecular complexity index is 1080. The molecule has 2 rings (SSSR count). The third kappa shape index (κ3) is 11.2. The summed E-state index contributed by atoms with van der Waals surface area (Å²) in [6.07, 6.45) is 1.49. The van der Waals surface area contributed by atoms with Gasteiger partial charge in [0.05, 0.1) is 6.10 Å². The van der Waals surface area contributed by atoms with Crippen molar-refractivity contribution >= 4 is 29.6 Å². The fourth-order valence-corrected chi connectivity index (χ4v) is 5.03. The van der Waals surface area contributed by atoms with Gasteiger partial charge in [-0.2, -0.15) is 0 Å². The van der Waals surface area contributed by atoms with Gasteiger partial charge >= 0.3 is 5.97 Å². The van der Waals surface area contributed by atoms with Crippen LogP contribution in [0.15, 0.2) is 30.3 Å². The number of carboxylic acid groups (broad SMARTS) is 1. The Balaban J connectivity index is 2.25. The number of aliphatic hydroxyl groups excluding tert-OH is 1. The summed E-state index contributed by atoms with van der Waals surface area (Å²) in [5, 5.41) is 27.4. The van der Waals surface area contributed by atoms with E-state index >= 15 is 0 Å². The number of hydrogen-bond acceptors (Lipinski definition) is 8. The summed E-state index contributed by atoms with van der Waals surface area (Å²) < 4.78 is 0. The van der Waals surface area contributed by atoms with E-state index in [-0.39, 0.29) is 25.2 Å². The smallest absolute Gasteiger partial charge is 0.326 e. The van der Waals surface area contributed by atoms with Crippen LogP contribution in [0.2, 0.25) is 0 Å². The van der Waals surface area contributed by atoms with Crippen LogP contribution in [0.5, 0.6) is 0 Å². The molecule has 0 aromatic heterocycles. The molecule has 0 bridgehead atoms. The average Bonchev–Trinajstić information content (AvgIpc) is 3.45. The molecule has 1 aliphatic rings. The number of aliphatic hydroxyl groups is 1. The normalized spacial score (nSPS) is 18.3. The minimum absolute atomic E-state index is 0.0186. The summed E-state index contributed by atoms with van der Waals surface area (Å²) in [6.45, 7) is 5.83. The average molecular weight is 605 g/mol. The van der Waals surface area contributed by atoms with Crippen LogP contribution in [0.25, 0.3) is 0 Å². The first-order chi connectivity index (χ1) is 20.3. The van der Waals surface area contributed by atoms with Crippen LogP contribution in [0.4, 0.5) is 0 Å². The van der Waals surface area contributed by atoms with Gasteiger partial charge in [0.2, 0.25) is 23.6 Å². The Kier molecular flexibility index (Phi) is 14.5. The van der Waals surface area contributed by atoms with Crippen LogP contribution in [-0.4, -0.2) is 94.1 Å². The van der Waals surface area contributed by atoms with E-state index in [1.807, 2.05) is 19.9 Å². The lowest BCUT2D eigenvalue weighted by molar-refractivity contribution is -0.142. The summed E-state index contributed by atoms with van der Waals surface area (Å²) >= 11 is 0. The number of likely N-dealkylation sites (tertiary alicyclic amines) is 1. The molecule has 1 heterocycles. The number of nitrogens with one attached hydrogen (secondary N) is 3. The van der Waals surface area contributed by atoms with Crippen molar-refractivity contribution in [3.8, 4) is 0 Å². The summed E-state index contributed by atoms with van der Waals surface area (Å²) in [7, 11) is 0. The Morgan fingerprint density at radius 1 is 0.953 bits per heavy atom. The van der Waals surface area contributed by atoms with Crippen LogP contribution in [0, 0.1) is 5.92 Å². The van der Waals surface area contributed by atoms with Crippen molar-refractivity contribution in [1.29, 1.82) is 0 Å². The summed E-state index contributed by atoms with van der Waals surface area (Å²) in [5.74, 6) is -3.55. The first-order valence-electron chi connectivity index (χ1n) is 15.0. The second-order valence-electron chi connectivity index (χ2n) is 11.6. The van der Waals surface area contributed by atoms with E-state index in [0.717, 1.165) is 5.56 Å². The monoisotopic (exact) mass is 604 g/mol. The molecule has 13 nitrogen and oxygen atoms in total. The molecule has 4 amide bonds. The first-order valence-corrected chi connectivity index (χ1v) is 15.0. The van der Waals surface area contributed by atoms with Crippen molar-refractivity contribution in [1.82, 2.24) is 20.9 Å². The van der Waals surface area contributed by atoms with Crippen molar-refractivity contribution in [2.75, 3.05) is 13.1 Å². The molecule has 1 aromatic carbocycles. The zero-order valence-corrected chi connectivity index (χ0v) is 25.3. The van der Waals surface area contributed by atoms with Crippen LogP contribution >= 0.6 is 0 Å². The van der Waals surface area contributed by atoms with Crippen molar-refractivity contribution in [2.45, 2.75) is 102 Å². The van der Waals surface area contributed by atoms with Crippen LogP contribution in [-0.2, 0) is 30.4 Å². The molecule has 43 heavy (non-hydrogen) atoms. The summed E-state index contributed by atoms with van der Waals surface area (Å²) in [4.78, 5) is 66.3. The summed E-state index contributed by atoms with van der Waals surface area (Å²) in [5.41, 5.74) is 12.1. The Morgan fingerprint density at radius 3 is 2.16 bits per heavy atom. The highest BCUT2D eigenvalue weighted by atomic mass is 16.4. The highest BCUT2D eigenvalue weighted by Crippen LogP contribution is 2.19. The number of carboxylic acids is 1. The van der Waals surface area contributed by atoms with E-state index < -0.39 is 65.9 Å². The Morgan fingerprint density at radius 2 is 1.58 bits per heavy atom. The van der Waals surface area contributed by atoms with E-state index in [9.17, 15) is 34.2 Å². The minimum Gasteiger partial charge on any atom is -0.480 e. The molecule has 240 valence electrons. The number of carbonyl (C=O) groups is 5. The lowest BCUT2D eigenvalue weighted by atomic mass is 10.00. The number of hydrogen-bond donors (Lipinski definition) is 7. The number of amides is 4. The van der Waals surface area contributed by atoms with Crippen LogP contribution < -0.4 is 27.4 Å². The van der Waals surface area contributed by atoms with Crippen molar-refractivity contribution in [3.05, 3.63) is 35.9 Å². The second-order valence-corrected chi connectivity index (χ2v) is 11.6. The molecular formula is C30H48N6O7. The third-order valence-electron chi connectivity index (χ3n) is 7.46. The lowest BCUT2D eigenvalue weighted by Gasteiger charge is -2.30. The Labute approximate surface area is 253 Å². The standard InChI is InChI=1S/C30H48N6O7/c1-18(2)16-22(26(38)33-21(30(42)43)12-7-8-14-31)34-27(39)23(17-20-10-5-4-6-11-20)35-28(40)24-13-9-15-36(24)29(41)25(32)19(3)37/h4-6,10-11,18-19,21-25,37H,7-9,12-17,31-32H2,1-3H3,(H,33,38)(H,34,39)(H,35,40)(H,42,43)/t19-,21+,22+,23+,24+,25+/m1/s1. The molecule has 0 unspecified atom stereocenters. The minimum atomic E-state index is -1.18. The number of benzene rings is 1. The molecule has 1 aromatic rings. The van der Waals surface area contributed by atoms with Crippen LogP contribution in [0.1, 0.15) is 64.9 Å². The molecule has 6 atom stereocenters. The number of nitrogens with zero attached hydrogens (tertiary/aromatic N) is 1. The van der Waals surface area contributed by atoms with Gasteiger partial charge in [-0.15, -0.1) is 0 Å². The zero-order valence-electron chi connectivity index (χ0n) is 25.3.